The lowest BCUT2D eigenvalue weighted by molar-refractivity contribution is -0.112. The average Bonchev–Trinajstić information content (AvgIpc) is 3.21. The Bertz CT molecular complexity index is 950. The van der Waals surface area contributed by atoms with Gasteiger partial charge in [-0.1, -0.05) is 30.3 Å². The Morgan fingerprint density at radius 3 is 2.62 bits per heavy atom. The molecule has 1 atom stereocenters. The fraction of sp³-hybridized carbons (Fsp3) is 0.150. The summed E-state index contributed by atoms with van der Waals surface area (Å²) in [5.41, 5.74) is 8.32. The van der Waals surface area contributed by atoms with E-state index < -0.39 is 18.2 Å². The van der Waals surface area contributed by atoms with Gasteiger partial charge in [-0.2, -0.15) is 0 Å². The van der Waals surface area contributed by atoms with E-state index in [2.05, 4.69) is 9.98 Å². The molecule has 0 saturated carbocycles. The number of para-hydroxylation sites is 1. The van der Waals surface area contributed by atoms with Crippen LogP contribution in [-0.2, 0) is 4.79 Å². The van der Waals surface area contributed by atoms with Crippen LogP contribution in [0, 0.1) is 0 Å². The van der Waals surface area contributed by atoms with Crippen LogP contribution in [0.3, 0.4) is 0 Å². The number of amides is 1. The number of nitrogens with zero attached hydrogens (tertiary/aromatic N) is 2. The number of carbonyl (C=O) groups is 1. The molecule has 130 valence electrons. The number of aliphatic imine (C=N–C) groups is 2. The van der Waals surface area contributed by atoms with Gasteiger partial charge in [-0.05, 0) is 23.8 Å². The summed E-state index contributed by atoms with van der Waals surface area (Å²) in [6.07, 6.45) is 2.22. The van der Waals surface area contributed by atoms with E-state index in [4.69, 9.17) is 15.2 Å². The predicted octanol–water partition coefficient (Wildman–Crippen LogP) is 2.33. The van der Waals surface area contributed by atoms with E-state index in [1.807, 2.05) is 48.5 Å². The molecule has 0 bridgehead atoms. The molecule has 1 amide bonds. The van der Waals surface area contributed by atoms with E-state index in [1.54, 1.807) is 19.5 Å². The second kappa shape index (κ2) is 6.48. The second-order valence-electron chi connectivity index (χ2n) is 5.93. The lowest BCUT2D eigenvalue weighted by Gasteiger charge is -2.32. The molecule has 2 aromatic rings. The van der Waals surface area contributed by atoms with Gasteiger partial charge >= 0.3 is 0 Å². The highest BCUT2D eigenvalue weighted by molar-refractivity contribution is 6.28. The minimum atomic E-state index is -0.561. The van der Waals surface area contributed by atoms with Gasteiger partial charge in [-0.15, -0.1) is 0 Å². The fourth-order valence-corrected chi connectivity index (χ4v) is 3.28. The number of nitrogens with two attached hydrogens (primary N) is 1. The topological polar surface area (TPSA) is 86.3 Å². The van der Waals surface area contributed by atoms with Crippen molar-refractivity contribution in [1.82, 2.24) is 0 Å². The first-order valence-electron chi connectivity index (χ1n) is 8.18. The molecule has 0 aliphatic carbocycles. The standard InChI is InChI=1S/C20H17N3O3/c1-25-13-6-4-5-12(11-13)16-17(19(21)24)14-7-2-3-8-15(14)26-18(16)20-22-9-10-23-20/h2-11,18,20H,1H3,(H2,21,24). The number of benzene rings is 2. The number of hydrogen-bond acceptors (Lipinski definition) is 5. The molecule has 0 spiro atoms. The summed E-state index contributed by atoms with van der Waals surface area (Å²) in [7, 11) is 1.60. The zero-order valence-electron chi connectivity index (χ0n) is 14.1. The van der Waals surface area contributed by atoms with Gasteiger partial charge in [-0.3, -0.25) is 14.8 Å². The Kier molecular flexibility index (Phi) is 4.01. The molecule has 2 aliphatic heterocycles. The molecule has 2 aliphatic rings. The van der Waals surface area contributed by atoms with Crippen LogP contribution < -0.4 is 15.2 Å². The first-order valence-corrected chi connectivity index (χ1v) is 8.18. The van der Waals surface area contributed by atoms with Crippen LogP contribution in [0.2, 0.25) is 0 Å². The van der Waals surface area contributed by atoms with Gasteiger partial charge in [0.25, 0.3) is 0 Å². The summed E-state index contributed by atoms with van der Waals surface area (Å²) < 4.78 is 11.5. The number of carbonyl (C=O) groups excluding carboxylic acids is 1. The van der Waals surface area contributed by atoms with Crippen LogP contribution in [0.5, 0.6) is 11.5 Å². The Morgan fingerprint density at radius 1 is 1.12 bits per heavy atom. The molecular formula is C20H17N3O3. The van der Waals surface area contributed by atoms with Crippen molar-refractivity contribution in [2.24, 2.45) is 15.7 Å². The highest BCUT2D eigenvalue weighted by atomic mass is 16.5. The summed E-state index contributed by atoms with van der Waals surface area (Å²) in [4.78, 5) is 21.1. The van der Waals surface area contributed by atoms with Gasteiger partial charge in [0.15, 0.2) is 12.3 Å². The summed E-state index contributed by atoms with van der Waals surface area (Å²) >= 11 is 0. The highest BCUT2D eigenvalue weighted by Crippen LogP contribution is 2.42. The number of hydrogen-bond donors (Lipinski definition) is 1. The number of primary amides is 1. The van der Waals surface area contributed by atoms with E-state index in [0.29, 0.717) is 28.2 Å². The van der Waals surface area contributed by atoms with Crippen LogP contribution in [-0.4, -0.2) is 37.7 Å². The van der Waals surface area contributed by atoms with E-state index in [0.717, 1.165) is 5.56 Å². The van der Waals surface area contributed by atoms with Gasteiger partial charge in [0.05, 0.1) is 12.7 Å². The van der Waals surface area contributed by atoms with E-state index in [1.165, 1.54) is 0 Å². The van der Waals surface area contributed by atoms with Gasteiger partial charge in [-0.25, -0.2) is 0 Å². The second-order valence-corrected chi connectivity index (χ2v) is 5.93. The van der Waals surface area contributed by atoms with Crippen molar-refractivity contribution in [3.63, 3.8) is 0 Å². The van der Waals surface area contributed by atoms with Crippen LogP contribution >= 0.6 is 0 Å². The molecule has 4 rings (SSSR count). The monoisotopic (exact) mass is 347 g/mol. The third-order valence-electron chi connectivity index (χ3n) is 4.41. The summed E-state index contributed by atoms with van der Waals surface area (Å²) in [6, 6.07) is 14.8. The summed E-state index contributed by atoms with van der Waals surface area (Å²) in [5.74, 6) is 0.750. The highest BCUT2D eigenvalue weighted by Gasteiger charge is 2.37. The lowest BCUT2D eigenvalue weighted by Crippen LogP contribution is -2.35. The maximum atomic E-state index is 12.4. The third-order valence-corrected chi connectivity index (χ3v) is 4.41. The Hall–Kier alpha value is -3.41. The van der Waals surface area contributed by atoms with Gasteiger partial charge in [0.1, 0.15) is 11.5 Å². The van der Waals surface area contributed by atoms with Crippen LogP contribution in [0.15, 0.2) is 58.5 Å². The molecule has 26 heavy (non-hydrogen) atoms. The maximum Gasteiger partial charge on any atom is 0.249 e. The molecule has 0 saturated heterocycles. The summed E-state index contributed by atoms with van der Waals surface area (Å²) in [6.45, 7) is 0. The molecule has 0 fully saturated rings. The first-order chi connectivity index (χ1) is 12.7. The molecule has 2 N–H and O–H groups in total. The zero-order chi connectivity index (χ0) is 18.1. The van der Waals surface area contributed by atoms with Crippen molar-refractivity contribution in [1.29, 1.82) is 0 Å². The average molecular weight is 347 g/mol. The van der Waals surface area contributed by atoms with Crippen molar-refractivity contribution in [3.8, 4) is 11.5 Å². The van der Waals surface area contributed by atoms with E-state index >= 15 is 0 Å². The Labute approximate surface area is 150 Å². The Balaban J connectivity index is 1.99. The number of ether oxygens (including phenoxy) is 2. The SMILES string of the molecule is COc1cccc(C2=C(C(N)=O)c3ccccc3OC2C2N=CC=N2)c1. The number of methoxy groups -OCH3 is 1. The molecule has 6 heteroatoms. The maximum absolute atomic E-state index is 12.4. The summed E-state index contributed by atoms with van der Waals surface area (Å²) in [5, 5.41) is 0. The van der Waals surface area contributed by atoms with Crippen molar-refractivity contribution < 1.29 is 14.3 Å². The molecular weight excluding hydrogens is 330 g/mol. The Morgan fingerprint density at radius 2 is 1.88 bits per heavy atom. The molecule has 0 aromatic heterocycles. The quantitative estimate of drug-likeness (QED) is 0.921. The smallest absolute Gasteiger partial charge is 0.249 e. The van der Waals surface area contributed by atoms with Crippen molar-refractivity contribution >= 4 is 29.5 Å². The molecule has 0 radical (unpaired) electrons. The lowest BCUT2D eigenvalue weighted by atomic mass is 9.86. The fourth-order valence-electron chi connectivity index (χ4n) is 3.28. The molecule has 2 heterocycles. The van der Waals surface area contributed by atoms with Crippen molar-refractivity contribution in [3.05, 3.63) is 59.7 Å². The van der Waals surface area contributed by atoms with Crippen LogP contribution in [0.4, 0.5) is 0 Å². The zero-order valence-corrected chi connectivity index (χ0v) is 14.1. The molecule has 2 aromatic carbocycles. The van der Waals surface area contributed by atoms with E-state index in [-0.39, 0.29) is 0 Å². The first kappa shape index (κ1) is 16.1. The van der Waals surface area contributed by atoms with Crippen LogP contribution in [0.1, 0.15) is 11.1 Å². The van der Waals surface area contributed by atoms with Crippen molar-refractivity contribution in [2.75, 3.05) is 7.11 Å². The van der Waals surface area contributed by atoms with Gasteiger partial charge in [0.2, 0.25) is 5.91 Å². The normalized spacial score (nSPS) is 18.6. The number of fused-ring (bicyclic) bond motifs is 1. The van der Waals surface area contributed by atoms with Gasteiger partial charge < -0.3 is 15.2 Å². The molecule has 1 unspecified atom stereocenters. The van der Waals surface area contributed by atoms with Crippen LogP contribution in [0.25, 0.3) is 11.1 Å². The van der Waals surface area contributed by atoms with Gasteiger partial charge in [0, 0.05) is 23.6 Å². The third kappa shape index (κ3) is 2.65. The number of rotatable bonds is 4. The predicted molar refractivity (Wildman–Crippen MR) is 101 cm³/mol. The largest absolute Gasteiger partial charge is 0.497 e. The minimum absolute atomic E-state index is 0.419. The van der Waals surface area contributed by atoms with E-state index in [9.17, 15) is 4.79 Å². The van der Waals surface area contributed by atoms with Crippen molar-refractivity contribution in [2.45, 2.75) is 12.3 Å². The molecule has 6 nitrogen and oxygen atoms in total. The minimum Gasteiger partial charge on any atom is -0.497 e.